The molecule has 86 valence electrons. The molecule has 0 radical (unpaired) electrons. The van der Waals surface area contributed by atoms with Crippen molar-refractivity contribution < 1.29 is 0 Å². The predicted octanol–water partition coefficient (Wildman–Crippen LogP) is 3.21. The molecule has 15 heavy (non-hydrogen) atoms. The highest BCUT2D eigenvalue weighted by Crippen LogP contribution is 2.18. The number of rotatable bonds is 6. The zero-order valence-electron chi connectivity index (χ0n) is 10.0. The van der Waals surface area contributed by atoms with Gasteiger partial charge in [-0.05, 0) is 20.3 Å². The molecule has 0 aliphatic carbocycles. The molecular weight excluding hydrogens is 204 g/mol. The number of aryl methyl sites for hydroxylation is 2. The molecule has 0 bridgehead atoms. The van der Waals surface area contributed by atoms with E-state index < -0.39 is 0 Å². The van der Waals surface area contributed by atoms with Crippen molar-refractivity contribution in [3.63, 3.8) is 0 Å². The van der Waals surface area contributed by atoms with E-state index in [1.807, 2.05) is 0 Å². The lowest BCUT2D eigenvalue weighted by Crippen LogP contribution is -2.22. The average molecular weight is 226 g/mol. The molecule has 1 unspecified atom stereocenters. The van der Waals surface area contributed by atoms with E-state index in [2.05, 4.69) is 25.8 Å². The highest BCUT2D eigenvalue weighted by Gasteiger charge is 2.08. The van der Waals surface area contributed by atoms with Gasteiger partial charge in [0.1, 0.15) is 0 Å². The summed E-state index contributed by atoms with van der Waals surface area (Å²) in [5.74, 6) is 0. The average Bonchev–Trinajstić information content (AvgIpc) is 2.46. The van der Waals surface area contributed by atoms with Crippen molar-refractivity contribution in [1.82, 2.24) is 4.98 Å². The number of hydrogen-bond donors (Lipinski definition) is 1. The van der Waals surface area contributed by atoms with Crippen molar-refractivity contribution in [2.24, 2.45) is 5.73 Å². The summed E-state index contributed by atoms with van der Waals surface area (Å²) in [6, 6.07) is 0.293. The Morgan fingerprint density at radius 3 is 2.60 bits per heavy atom. The zero-order valence-corrected chi connectivity index (χ0v) is 10.9. The van der Waals surface area contributed by atoms with Gasteiger partial charge in [-0.25, -0.2) is 4.98 Å². The molecule has 0 aromatic carbocycles. The molecule has 0 aliphatic heterocycles. The number of nitrogens with two attached hydrogens (primary N) is 1. The topological polar surface area (TPSA) is 38.9 Å². The van der Waals surface area contributed by atoms with Crippen LogP contribution in [0.15, 0.2) is 0 Å². The largest absolute Gasteiger partial charge is 0.327 e. The number of aromatic nitrogens is 1. The lowest BCUT2D eigenvalue weighted by Gasteiger charge is -2.08. The Labute approximate surface area is 96.9 Å². The van der Waals surface area contributed by atoms with Crippen LogP contribution in [0.3, 0.4) is 0 Å². The predicted molar refractivity (Wildman–Crippen MR) is 67.4 cm³/mol. The number of hydrogen-bond acceptors (Lipinski definition) is 3. The summed E-state index contributed by atoms with van der Waals surface area (Å²) in [5, 5.41) is 1.20. The maximum Gasteiger partial charge on any atom is 0.0946 e. The van der Waals surface area contributed by atoms with Crippen molar-refractivity contribution in [1.29, 1.82) is 0 Å². The molecule has 1 atom stereocenters. The molecule has 0 saturated carbocycles. The Hall–Kier alpha value is -0.410. The van der Waals surface area contributed by atoms with Crippen LogP contribution in [0.5, 0.6) is 0 Å². The lowest BCUT2D eigenvalue weighted by molar-refractivity contribution is 0.556. The van der Waals surface area contributed by atoms with Crippen LogP contribution >= 0.6 is 11.3 Å². The van der Waals surface area contributed by atoms with E-state index in [0.29, 0.717) is 6.04 Å². The van der Waals surface area contributed by atoms with Crippen LogP contribution in [0.25, 0.3) is 0 Å². The van der Waals surface area contributed by atoms with Crippen molar-refractivity contribution >= 4 is 11.3 Å². The summed E-state index contributed by atoms with van der Waals surface area (Å²) in [5.41, 5.74) is 7.24. The van der Waals surface area contributed by atoms with Crippen LogP contribution < -0.4 is 5.73 Å². The molecule has 1 rings (SSSR count). The Morgan fingerprint density at radius 2 is 2.07 bits per heavy atom. The van der Waals surface area contributed by atoms with E-state index in [1.54, 1.807) is 11.3 Å². The first-order valence-corrected chi connectivity index (χ1v) is 6.63. The van der Waals surface area contributed by atoms with Gasteiger partial charge in [0.15, 0.2) is 0 Å². The maximum atomic E-state index is 6.07. The van der Waals surface area contributed by atoms with Crippen molar-refractivity contribution in [3.05, 3.63) is 15.6 Å². The third-order valence-electron chi connectivity index (χ3n) is 2.69. The van der Waals surface area contributed by atoms with Crippen molar-refractivity contribution in [2.75, 3.05) is 0 Å². The molecule has 0 saturated heterocycles. The van der Waals surface area contributed by atoms with E-state index in [0.717, 1.165) is 18.5 Å². The highest BCUT2D eigenvalue weighted by molar-refractivity contribution is 7.11. The van der Waals surface area contributed by atoms with Gasteiger partial charge in [-0.2, -0.15) is 0 Å². The van der Waals surface area contributed by atoms with E-state index in [9.17, 15) is 0 Å². The minimum atomic E-state index is 0.293. The Kier molecular flexibility index (Phi) is 5.26. The van der Waals surface area contributed by atoms with Gasteiger partial charge >= 0.3 is 0 Å². The van der Waals surface area contributed by atoms with Gasteiger partial charge in [-0.3, -0.25) is 0 Å². The first-order valence-electron chi connectivity index (χ1n) is 5.82. The molecule has 3 heteroatoms. The van der Waals surface area contributed by atoms with Crippen molar-refractivity contribution in [3.8, 4) is 0 Å². The Balaban J connectivity index is 2.34. The van der Waals surface area contributed by atoms with Gasteiger partial charge in [0.05, 0.1) is 10.7 Å². The van der Waals surface area contributed by atoms with Crippen LogP contribution in [0.2, 0.25) is 0 Å². The van der Waals surface area contributed by atoms with Gasteiger partial charge in [-0.15, -0.1) is 11.3 Å². The van der Waals surface area contributed by atoms with Crippen LogP contribution in [-0.4, -0.2) is 11.0 Å². The van der Waals surface area contributed by atoms with Crippen LogP contribution in [0.1, 0.15) is 48.2 Å². The monoisotopic (exact) mass is 226 g/mol. The fraction of sp³-hybridized carbons (Fsp3) is 0.750. The van der Waals surface area contributed by atoms with Gasteiger partial charge in [-0.1, -0.05) is 26.2 Å². The second kappa shape index (κ2) is 6.23. The molecule has 1 heterocycles. The fourth-order valence-electron chi connectivity index (χ4n) is 1.61. The molecule has 1 aromatic rings. The molecule has 0 spiro atoms. The number of thiazole rings is 1. The normalized spacial score (nSPS) is 13.1. The fourth-order valence-corrected chi connectivity index (χ4v) is 2.64. The van der Waals surface area contributed by atoms with Gasteiger partial charge < -0.3 is 5.73 Å². The molecule has 1 aromatic heterocycles. The van der Waals surface area contributed by atoms with Crippen LogP contribution in [-0.2, 0) is 6.42 Å². The second-order valence-corrected chi connectivity index (χ2v) is 5.50. The molecular formula is C12H22N2S. The molecule has 2 nitrogen and oxygen atoms in total. The summed E-state index contributed by atoms with van der Waals surface area (Å²) in [7, 11) is 0. The highest BCUT2D eigenvalue weighted by atomic mass is 32.1. The Bertz CT molecular complexity index is 274. The zero-order chi connectivity index (χ0) is 11.3. The SMILES string of the molecule is CCCCCC(N)Cc1nc(C)c(C)s1. The Morgan fingerprint density at radius 1 is 1.33 bits per heavy atom. The van der Waals surface area contributed by atoms with Gasteiger partial charge in [0.25, 0.3) is 0 Å². The summed E-state index contributed by atoms with van der Waals surface area (Å²) in [6.07, 6.45) is 5.89. The van der Waals surface area contributed by atoms with E-state index in [1.165, 1.54) is 29.1 Å². The van der Waals surface area contributed by atoms with Gasteiger partial charge in [0.2, 0.25) is 0 Å². The van der Waals surface area contributed by atoms with E-state index in [4.69, 9.17) is 5.73 Å². The molecule has 0 aliphatic rings. The quantitative estimate of drug-likeness (QED) is 0.756. The number of nitrogens with zero attached hydrogens (tertiary/aromatic N) is 1. The molecule has 2 N–H and O–H groups in total. The minimum Gasteiger partial charge on any atom is -0.327 e. The summed E-state index contributed by atoms with van der Waals surface area (Å²) >= 11 is 1.79. The molecule has 0 amide bonds. The first-order chi connectivity index (χ1) is 7.13. The van der Waals surface area contributed by atoms with E-state index >= 15 is 0 Å². The minimum absolute atomic E-state index is 0.293. The van der Waals surface area contributed by atoms with Crippen LogP contribution in [0, 0.1) is 13.8 Å². The lowest BCUT2D eigenvalue weighted by atomic mass is 10.1. The summed E-state index contributed by atoms with van der Waals surface area (Å²) in [4.78, 5) is 5.84. The standard InChI is InChI=1S/C12H22N2S/c1-4-5-6-7-11(13)8-12-14-9(2)10(3)15-12/h11H,4-8,13H2,1-3H3. The van der Waals surface area contributed by atoms with E-state index in [-0.39, 0.29) is 0 Å². The third kappa shape index (κ3) is 4.31. The smallest absolute Gasteiger partial charge is 0.0946 e. The number of unbranched alkanes of at least 4 members (excludes halogenated alkanes) is 2. The van der Waals surface area contributed by atoms with Crippen molar-refractivity contribution in [2.45, 2.75) is 58.9 Å². The summed E-state index contributed by atoms with van der Waals surface area (Å²) in [6.45, 7) is 6.41. The third-order valence-corrected chi connectivity index (χ3v) is 3.78. The van der Waals surface area contributed by atoms with Gasteiger partial charge in [0, 0.05) is 17.3 Å². The maximum absolute atomic E-state index is 6.07. The first kappa shape index (κ1) is 12.7. The van der Waals surface area contributed by atoms with Crippen LogP contribution in [0.4, 0.5) is 0 Å². The molecule has 0 fully saturated rings. The summed E-state index contributed by atoms with van der Waals surface area (Å²) < 4.78 is 0. The second-order valence-electron chi connectivity index (χ2n) is 4.21.